The summed E-state index contributed by atoms with van der Waals surface area (Å²) in [7, 11) is 0. The SMILES string of the molecule is [2H]NC(N)=O.[N]. The molecule has 0 bridgehead atoms. The molecule has 0 aromatic heterocycles. The number of nitrogens with zero attached hydrogens (tertiary/aromatic N) is 1. The van der Waals surface area contributed by atoms with E-state index in [4.69, 9.17) is 1.41 Å². The molecule has 4 nitrogen and oxygen atoms in total. The third-order valence-electron chi connectivity index (χ3n) is 0. The Hall–Kier alpha value is -0.770. The van der Waals surface area contributed by atoms with E-state index in [-0.39, 0.29) is 6.15 Å². The third-order valence-corrected chi connectivity index (χ3v) is 0. The zero-order valence-electron chi connectivity index (χ0n) is 3.43. The zero-order chi connectivity index (χ0) is 4.28. The first-order valence-corrected chi connectivity index (χ1v) is 0.743. The summed E-state index contributed by atoms with van der Waals surface area (Å²) in [6, 6.07) is -0.829. The van der Waals surface area contributed by atoms with Crippen LogP contribution in [0.2, 0.25) is 1.41 Å². The maximum absolute atomic E-state index is 9.29. The van der Waals surface area contributed by atoms with Crippen molar-refractivity contribution in [1.82, 2.24) is 6.15 Å². The van der Waals surface area contributed by atoms with Crippen LogP contribution in [0.5, 0.6) is 0 Å². The molecular weight excluding hydrogens is 70.0 g/mol. The van der Waals surface area contributed by atoms with Gasteiger partial charge < -0.3 is 11.5 Å². The number of hydrogen-bond donors (Lipinski definition) is 2. The van der Waals surface area contributed by atoms with E-state index in [1.807, 2.05) is 0 Å². The molecule has 0 saturated heterocycles. The molecule has 0 aliphatic carbocycles. The Morgan fingerprint density at radius 3 is 2.20 bits per heavy atom. The molecule has 0 aromatic rings. The van der Waals surface area contributed by atoms with Crippen molar-refractivity contribution in [1.29, 1.82) is 0 Å². The van der Waals surface area contributed by atoms with Crippen LogP contribution in [0.4, 0.5) is 4.79 Å². The molecule has 0 fully saturated rings. The van der Waals surface area contributed by atoms with Gasteiger partial charge in [0.1, 0.15) is 0 Å². The molecule has 0 spiro atoms. The number of hydrogen-bond acceptors (Lipinski definition) is 1. The van der Waals surface area contributed by atoms with Gasteiger partial charge in [-0.1, -0.05) is 0 Å². The van der Waals surface area contributed by atoms with Crippen molar-refractivity contribution < 1.29 is 6.21 Å². The molecule has 0 aromatic carbocycles. The fourth-order valence-corrected chi connectivity index (χ4v) is 0. The highest BCUT2D eigenvalue weighted by Crippen LogP contribution is 1.25. The molecule has 0 heterocycles. The summed E-state index contributed by atoms with van der Waals surface area (Å²) < 4.78 is 5.93. The lowest BCUT2D eigenvalue weighted by Crippen LogP contribution is -2.18. The van der Waals surface area contributed by atoms with E-state index >= 15 is 0 Å². The van der Waals surface area contributed by atoms with E-state index < -0.39 is 6.03 Å². The Bertz CT molecular complexity index is 46.1. The maximum atomic E-state index is 9.29. The molecule has 4 N–H and O–H groups in total. The molecule has 0 unspecified atom stereocenters. The van der Waals surface area contributed by atoms with Gasteiger partial charge in [-0.05, 0) is 0 Å². The van der Waals surface area contributed by atoms with Crippen LogP contribution in [-0.4, -0.2) is 6.03 Å². The fraction of sp³-hybridized carbons (Fsp3) is 0. The highest BCUT2D eigenvalue weighted by Gasteiger charge is 1.60. The van der Waals surface area contributed by atoms with E-state index in [0.717, 1.165) is 0 Å². The van der Waals surface area contributed by atoms with Crippen molar-refractivity contribution >= 4 is 6.03 Å². The van der Waals surface area contributed by atoms with Gasteiger partial charge in [-0.3, -0.25) is 0 Å². The van der Waals surface area contributed by atoms with Crippen molar-refractivity contribution in [3.63, 3.8) is 0 Å². The van der Waals surface area contributed by atoms with E-state index in [2.05, 4.69) is 5.73 Å². The quantitative estimate of drug-likeness (QED) is 0.361. The van der Waals surface area contributed by atoms with E-state index in [1.165, 1.54) is 5.73 Å². The average Bonchev–Trinajstić information content (AvgIpc) is 1.38. The summed E-state index contributed by atoms with van der Waals surface area (Å²) in [4.78, 5) is 9.29. The topological polar surface area (TPSA) is 99.6 Å². The molecule has 29 valence electrons. The minimum absolute atomic E-state index is 0. The first kappa shape index (κ1) is 4.23. The first-order chi connectivity index (χ1) is 2.27. The molecule has 0 aliphatic rings. The molecule has 4 heteroatoms. The fourth-order valence-electron chi connectivity index (χ4n) is 0. The maximum Gasteiger partial charge on any atom is 0.309 e. The second-order valence-corrected chi connectivity index (χ2v) is 0.364. The van der Waals surface area contributed by atoms with Gasteiger partial charge in [0.15, 0.2) is 1.41 Å². The predicted molar refractivity (Wildman–Crippen MR) is 15.9 cm³/mol. The number of rotatable bonds is 0. The summed E-state index contributed by atoms with van der Waals surface area (Å²) >= 11 is 0. The van der Waals surface area contributed by atoms with Gasteiger partial charge in [0, 0.05) is 6.15 Å². The molecule has 5 heavy (non-hydrogen) atoms. The van der Waals surface area contributed by atoms with Gasteiger partial charge in [-0.25, -0.2) is 4.79 Å². The number of primary amides is 2. The van der Waals surface area contributed by atoms with Crippen LogP contribution in [0.1, 0.15) is 0 Å². The Balaban J connectivity index is 0. The van der Waals surface area contributed by atoms with E-state index in [9.17, 15) is 4.79 Å². The number of urea groups is 1. The van der Waals surface area contributed by atoms with Crippen LogP contribution >= 0.6 is 0 Å². The Morgan fingerprint density at radius 1 is 2.00 bits per heavy atom. The second-order valence-electron chi connectivity index (χ2n) is 0.364. The van der Waals surface area contributed by atoms with Gasteiger partial charge >= 0.3 is 6.03 Å². The minimum atomic E-state index is -0.829. The van der Waals surface area contributed by atoms with Gasteiger partial charge in [-0.2, -0.15) is 0 Å². The summed E-state index contributed by atoms with van der Waals surface area (Å²) in [5, 5.41) is 0. The average molecular weight is 75.1 g/mol. The molecule has 0 rings (SSSR count). The van der Waals surface area contributed by atoms with Crippen molar-refractivity contribution in [2.24, 2.45) is 11.5 Å². The van der Waals surface area contributed by atoms with E-state index in [0.29, 0.717) is 0 Å². The molecule has 0 saturated carbocycles. The van der Waals surface area contributed by atoms with Crippen LogP contribution in [-0.2, 0) is 0 Å². The van der Waals surface area contributed by atoms with Crippen molar-refractivity contribution in [3.05, 3.63) is 0 Å². The predicted octanol–water partition coefficient (Wildman–Crippen LogP) is -1.46. The normalized spacial score (nSPS) is 6.80. The number of carbonyl (C=O) groups excluding carboxylic acids is 1. The van der Waals surface area contributed by atoms with Gasteiger partial charge in [0.2, 0.25) is 0 Å². The van der Waals surface area contributed by atoms with Crippen LogP contribution < -0.4 is 17.6 Å². The van der Waals surface area contributed by atoms with Crippen molar-refractivity contribution in [2.75, 3.05) is 0 Å². The van der Waals surface area contributed by atoms with Gasteiger partial charge in [0.25, 0.3) is 0 Å². The standard InChI is InChI=1S/CH4N2O.N/c2-1(3)4;/h(H4,2,3,4);/i/hD. The third kappa shape index (κ3) is 8.24. The van der Waals surface area contributed by atoms with Gasteiger partial charge in [-0.15, -0.1) is 0 Å². The smallest absolute Gasteiger partial charge is 0.309 e. The Labute approximate surface area is 31.2 Å². The summed E-state index contributed by atoms with van der Waals surface area (Å²) in [5.74, 6) is 0. The monoisotopic (exact) mass is 75.0 g/mol. The second kappa shape index (κ2) is 3.23. The molecule has 2 amide bonds. The Kier molecular flexibility index (Phi) is 2.73. The van der Waals surface area contributed by atoms with Crippen LogP contribution in [0.3, 0.4) is 0 Å². The molecule has 0 atom stereocenters. The van der Waals surface area contributed by atoms with E-state index in [1.54, 1.807) is 0 Å². The number of nitrogens with two attached hydrogens (primary N) is 2. The molecular formula is CH4N3O. The molecule has 3 radical (unpaired) electrons. The summed E-state index contributed by atoms with van der Waals surface area (Å²) in [6.45, 7) is 0. The molecule has 0 aliphatic heterocycles. The minimum Gasteiger partial charge on any atom is -0.352 e. The highest BCUT2D eigenvalue weighted by atomic mass is 16.2. The summed E-state index contributed by atoms with van der Waals surface area (Å²) in [5.41, 5.74) is 5.77. The lowest BCUT2D eigenvalue weighted by Gasteiger charge is -1.62. The first-order valence-electron chi connectivity index (χ1n) is 1.24. The van der Waals surface area contributed by atoms with Crippen LogP contribution in [0.25, 0.3) is 0 Å². The highest BCUT2D eigenvalue weighted by molar-refractivity contribution is 5.69. The van der Waals surface area contributed by atoms with Crippen molar-refractivity contribution in [2.45, 2.75) is 0 Å². The number of carbonyl (C=O) groups is 1. The van der Waals surface area contributed by atoms with Crippen LogP contribution in [0, 0.1) is 0 Å². The lowest BCUT2D eigenvalue weighted by molar-refractivity contribution is 0.256. The largest absolute Gasteiger partial charge is 0.352 e. The zero-order valence-corrected chi connectivity index (χ0v) is 2.43. The Morgan fingerprint density at radius 2 is 2.20 bits per heavy atom. The lowest BCUT2D eigenvalue weighted by atomic mass is 11.2. The van der Waals surface area contributed by atoms with Crippen LogP contribution in [0.15, 0.2) is 0 Å². The number of amides is 2. The van der Waals surface area contributed by atoms with Crippen molar-refractivity contribution in [3.8, 4) is 0 Å². The summed E-state index contributed by atoms with van der Waals surface area (Å²) in [6.07, 6.45) is 0. The van der Waals surface area contributed by atoms with Gasteiger partial charge in [0.05, 0.1) is 0 Å².